The molecular weight excluding hydrogens is 264 g/mol. The topological polar surface area (TPSA) is 66.5 Å². The second-order valence-corrected chi connectivity index (χ2v) is 7.54. The van der Waals surface area contributed by atoms with Gasteiger partial charge in [0, 0.05) is 25.6 Å². The summed E-state index contributed by atoms with van der Waals surface area (Å²) in [5.74, 6) is 0.357. The summed E-state index contributed by atoms with van der Waals surface area (Å²) in [6.07, 6.45) is 4.51. The van der Waals surface area contributed by atoms with Crippen molar-refractivity contribution in [2.24, 2.45) is 5.92 Å². The Balaban J connectivity index is 2.38. The molecule has 1 N–H and O–H groups in total. The number of Topliss-reactive ketones (excluding diaryl/α,β-unsaturated/α-hetero) is 1. The molecule has 1 fully saturated rings. The van der Waals surface area contributed by atoms with Gasteiger partial charge in [-0.3, -0.25) is 4.79 Å². The maximum Gasteiger partial charge on any atom is 0.211 e. The number of rotatable bonds is 7. The third kappa shape index (κ3) is 6.01. The zero-order chi connectivity index (χ0) is 14.5. The van der Waals surface area contributed by atoms with Gasteiger partial charge in [-0.2, -0.15) is 0 Å². The van der Waals surface area contributed by atoms with Gasteiger partial charge >= 0.3 is 0 Å². The van der Waals surface area contributed by atoms with Crippen molar-refractivity contribution in [3.63, 3.8) is 0 Å². The first-order chi connectivity index (χ1) is 8.82. The number of ketones is 1. The van der Waals surface area contributed by atoms with Crippen LogP contribution in [0.4, 0.5) is 0 Å². The molecule has 1 aliphatic rings. The van der Waals surface area contributed by atoms with E-state index in [2.05, 4.69) is 19.2 Å². The Morgan fingerprint density at radius 2 is 2.16 bits per heavy atom. The van der Waals surface area contributed by atoms with Crippen LogP contribution in [-0.4, -0.2) is 50.4 Å². The minimum absolute atomic E-state index is 0.176. The lowest BCUT2D eigenvalue weighted by Gasteiger charge is -2.30. The summed E-state index contributed by atoms with van der Waals surface area (Å²) in [7, 11) is -3.12. The fourth-order valence-corrected chi connectivity index (χ4v) is 3.26. The van der Waals surface area contributed by atoms with Gasteiger partial charge in [-0.25, -0.2) is 12.7 Å². The Morgan fingerprint density at radius 1 is 1.47 bits per heavy atom. The number of carbonyl (C=O) groups is 1. The van der Waals surface area contributed by atoms with Gasteiger partial charge in [-0.15, -0.1) is 0 Å². The molecule has 0 spiro atoms. The van der Waals surface area contributed by atoms with E-state index in [0.717, 1.165) is 19.3 Å². The van der Waals surface area contributed by atoms with E-state index < -0.39 is 10.0 Å². The molecule has 1 saturated heterocycles. The lowest BCUT2D eigenvalue weighted by Crippen LogP contribution is -2.40. The molecule has 6 heteroatoms. The Bertz CT molecular complexity index is 395. The Morgan fingerprint density at radius 3 is 2.74 bits per heavy atom. The van der Waals surface area contributed by atoms with E-state index in [1.165, 1.54) is 10.6 Å². The molecule has 2 unspecified atom stereocenters. The van der Waals surface area contributed by atoms with Gasteiger partial charge in [0.15, 0.2) is 0 Å². The van der Waals surface area contributed by atoms with Crippen LogP contribution in [0.2, 0.25) is 0 Å². The summed E-state index contributed by atoms with van der Waals surface area (Å²) in [6.45, 7) is 5.61. The quantitative estimate of drug-likeness (QED) is 0.760. The van der Waals surface area contributed by atoms with E-state index in [1.807, 2.05) is 0 Å². The third-order valence-corrected chi connectivity index (χ3v) is 5.00. The van der Waals surface area contributed by atoms with Crippen LogP contribution in [0, 0.1) is 5.92 Å². The Hall–Kier alpha value is -0.460. The molecule has 1 aliphatic heterocycles. The molecule has 2 atom stereocenters. The SMILES string of the molecule is CCC(C)NCC(=O)CC1CCCN(S(C)(=O)=O)C1. The summed E-state index contributed by atoms with van der Waals surface area (Å²) in [6, 6.07) is 0.350. The number of hydrogen-bond acceptors (Lipinski definition) is 4. The van der Waals surface area contributed by atoms with Crippen LogP contribution < -0.4 is 5.32 Å². The van der Waals surface area contributed by atoms with Gasteiger partial charge in [-0.05, 0) is 32.1 Å². The number of piperidine rings is 1. The summed E-state index contributed by atoms with van der Waals surface area (Å²) in [5.41, 5.74) is 0. The predicted octanol–water partition coefficient (Wildman–Crippen LogP) is 1.01. The second kappa shape index (κ2) is 7.36. The zero-order valence-electron chi connectivity index (χ0n) is 12.2. The van der Waals surface area contributed by atoms with Crippen molar-refractivity contribution in [2.45, 2.75) is 45.6 Å². The number of sulfonamides is 1. The van der Waals surface area contributed by atoms with Crippen molar-refractivity contribution in [3.8, 4) is 0 Å². The summed E-state index contributed by atoms with van der Waals surface area (Å²) in [4.78, 5) is 11.9. The number of hydrogen-bond donors (Lipinski definition) is 1. The molecule has 0 aliphatic carbocycles. The molecule has 0 saturated carbocycles. The van der Waals surface area contributed by atoms with E-state index in [-0.39, 0.29) is 11.7 Å². The van der Waals surface area contributed by atoms with E-state index in [9.17, 15) is 13.2 Å². The first-order valence-corrected chi connectivity index (χ1v) is 8.88. The minimum Gasteiger partial charge on any atom is -0.308 e. The monoisotopic (exact) mass is 290 g/mol. The van der Waals surface area contributed by atoms with Crippen LogP contribution in [-0.2, 0) is 14.8 Å². The van der Waals surface area contributed by atoms with Crippen molar-refractivity contribution in [2.75, 3.05) is 25.9 Å². The van der Waals surface area contributed by atoms with Crippen LogP contribution in [0.25, 0.3) is 0 Å². The van der Waals surface area contributed by atoms with Crippen molar-refractivity contribution in [1.29, 1.82) is 0 Å². The predicted molar refractivity (Wildman–Crippen MR) is 76.5 cm³/mol. The highest BCUT2D eigenvalue weighted by Crippen LogP contribution is 2.21. The van der Waals surface area contributed by atoms with Gasteiger partial charge in [0.2, 0.25) is 10.0 Å². The largest absolute Gasteiger partial charge is 0.308 e. The lowest BCUT2D eigenvalue weighted by molar-refractivity contribution is -0.119. The molecule has 5 nitrogen and oxygen atoms in total. The number of nitrogens with zero attached hydrogens (tertiary/aromatic N) is 1. The van der Waals surface area contributed by atoms with Crippen LogP contribution in [0.3, 0.4) is 0 Å². The van der Waals surface area contributed by atoms with Crippen LogP contribution in [0.15, 0.2) is 0 Å². The molecule has 1 rings (SSSR count). The fraction of sp³-hybridized carbons (Fsp3) is 0.923. The van der Waals surface area contributed by atoms with Crippen LogP contribution in [0.1, 0.15) is 39.5 Å². The van der Waals surface area contributed by atoms with E-state index in [1.54, 1.807) is 0 Å². The normalized spacial score (nSPS) is 23.2. The number of carbonyl (C=O) groups excluding carboxylic acids is 1. The molecule has 0 aromatic carbocycles. The van der Waals surface area contributed by atoms with E-state index >= 15 is 0 Å². The first kappa shape index (κ1) is 16.6. The molecule has 19 heavy (non-hydrogen) atoms. The molecule has 112 valence electrons. The van der Waals surface area contributed by atoms with E-state index in [0.29, 0.717) is 32.1 Å². The smallest absolute Gasteiger partial charge is 0.211 e. The molecule has 0 aromatic rings. The highest BCUT2D eigenvalue weighted by Gasteiger charge is 2.27. The fourth-order valence-electron chi connectivity index (χ4n) is 2.32. The highest BCUT2D eigenvalue weighted by atomic mass is 32.2. The highest BCUT2D eigenvalue weighted by molar-refractivity contribution is 7.88. The van der Waals surface area contributed by atoms with E-state index in [4.69, 9.17) is 0 Å². The zero-order valence-corrected chi connectivity index (χ0v) is 13.0. The number of nitrogens with one attached hydrogen (secondary N) is 1. The molecular formula is C13H26N2O3S. The summed E-state index contributed by atoms with van der Waals surface area (Å²) in [5, 5.41) is 3.18. The summed E-state index contributed by atoms with van der Waals surface area (Å²) >= 11 is 0. The molecule has 1 heterocycles. The van der Waals surface area contributed by atoms with Crippen molar-refractivity contribution in [3.05, 3.63) is 0 Å². The Kier molecular flexibility index (Phi) is 6.42. The van der Waals surface area contributed by atoms with Crippen molar-refractivity contribution in [1.82, 2.24) is 9.62 Å². The van der Waals surface area contributed by atoms with Gasteiger partial charge < -0.3 is 5.32 Å². The minimum atomic E-state index is -3.12. The average molecular weight is 290 g/mol. The molecule has 0 radical (unpaired) electrons. The van der Waals surface area contributed by atoms with Crippen LogP contribution >= 0.6 is 0 Å². The lowest BCUT2D eigenvalue weighted by atomic mass is 9.94. The maximum absolute atomic E-state index is 11.9. The summed E-state index contributed by atoms with van der Waals surface area (Å²) < 4.78 is 24.5. The Labute approximate surface area is 116 Å². The first-order valence-electron chi connectivity index (χ1n) is 7.03. The maximum atomic E-state index is 11.9. The van der Waals surface area contributed by atoms with Gasteiger partial charge in [0.25, 0.3) is 0 Å². The third-order valence-electron chi connectivity index (χ3n) is 3.73. The van der Waals surface area contributed by atoms with Crippen molar-refractivity contribution >= 4 is 15.8 Å². The van der Waals surface area contributed by atoms with Gasteiger partial charge in [0.1, 0.15) is 5.78 Å². The van der Waals surface area contributed by atoms with Gasteiger partial charge in [-0.1, -0.05) is 6.92 Å². The van der Waals surface area contributed by atoms with Crippen molar-refractivity contribution < 1.29 is 13.2 Å². The van der Waals surface area contributed by atoms with Crippen LogP contribution in [0.5, 0.6) is 0 Å². The van der Waals surface area contributed by atoms with Gasteiger partial charge in [0.05, 0.1) is 12.8 Å². The average Bonchev–Trinajstić information content (AvgIpc) is 2.35. The molecule has 0 bridgehead atoms. The molecule has 0 amide bonds. The second-order valence-electron chi connectivity index (χ2n) is 5.56. The molecule has 0 aromatic heterocycles. The standard InChI is InChI=1S/C13H26N2O3S/c1-4-11(2)14-9-13(16)8-12-6-5-7-15(10-12)19(3,17)18/h11-12,14H,4-10H2,1-3H3.